The number of hydrogen-bond donors (Lipinski definition) is 1. The molecule has 0 aliphatic heterocycles. The molecule has 20 heavy (non-hydrogen) atoms. The molecule has 1 aromatic heterocycles. The number of nitrogens with zero attached hydrogens (tertiary/aromatic N) is 2. The molecule has 0 radical (unpaired) electrons. The monoisotopic (exact) mass is 269 g/mol. The number of imidazole rings is 1. The highest BCUT2D eigenvalue weighted by atomic mass is 16.5. The molecule has 0 saturated carbocycles. The number of aromatic nitrogens is 2. The summed E-state index contributed by atoms with van der Waals surface area (Å²) in [6.07, 6.45) is 1.31. The maximum atomic E-state index is 8.62. The second-order valence-corrected chi connectivity index (χ2v) is 5.01. The molecule has 1 heterocycles. The molecule has 0 saturated heterocycles. The average molecular weight is 269 g/mol. The second-order valence-electron chi connectivity index (χ2n) is 5.01. The Hall–Kier alpha value is -2.28. The molecule has 0 bridgehead atoms. The average Bonchev–Trinajstić information content (AvgIpc) is 2.78. The largest absolute Gasteiger partial charge is 0.491 e. The summed E-state index contributed by atoms with van der Waals surface area (Å²) >= 11 is 0. The van der Waals surface area contributed by atoms with Gasteiger partial charge >= 0.3 is 0 Å². The van der Waals surface area contributed by atoms with Gasteiger partial charge in [0, 0.05) is 24.1 Å². The van der Waals surface area contributed by atoms with Crippen LogP contribution in [0.15, 0.2) is 24.3 Å². The van der Waals surface area contributed by atoms with Gasteiger partial charge in [-0.05, 0) is 45.0 Å². The van der Waals surface area contributed by atoms with Crippen molar-refractivity contribution < 1.29 is 4.74 Å². The third-order valence-electron chi connectivity index (χ3n) is 2.91. The molecule has 0 spiro atoms. The van der Waals surface area contributed by atoms with Crippen LogP contribution < -0.4 is 4.74 Å². The van der Waals surface area contributed by atoms with E-state index in [-0.39, 0.29) is 6.10 Å². The number of hydrogen-bond acceptors (Lipinski definition) is 3. The first kappa shape index (κ1) is 14.1. The van der Waals surface area contributed by atoms with Gasteiger partial charge in [-0.15, -0.1) is 0 Å². The molecule has 4 heteroatoms. The van der Waals surface area contributed by atoms with Crippen LogP contribution in [0.3, 0.4) is 0 Å². The molecular formula is C16H19N3O. The maximum absolute atomic E-state index is 8.62. The summed E-state index contributed by atoms with van der Waals surface area (Å²) in [5, 5.41) is 8.62. The number of aryl methyl sites for hydroxylation is 2. The van der Waals surface area contributed by atoms with Gasteiger partial charge in [0.25, 0.3) is 0 Å². The third kappa shape index (κ3) is 3.39. The van der Waals surface area contributed by atoms with Crippen LogP contribution in [0.5, 0.6) is 5.75 Å². The molecule has 0 aliphatic carbocycles. The van der Waals surface area contributed by atoms with E-state index in [0.717, 1.165) is 28.5 Å². The summed E-state index contributed by atoms with van der Waals surface area (Å²) in [4.78, 5) is 7.79. The van der Waals surface area contributed by atoms with E-state index in [1.54, 1.807) is 0 Å². The van der Waals surface area contributed by atoms with E-state index < -0.39 is 0 Å². The van der Waals surface area contributed by atoms with Crippen molar-refractivity contribution in [2.75, 3.05) is 0 Å². The lowest BCUT2D eigenvalue weighted by molar-refractivity contribution is 0.242. The number of rotatable bonds is 5. The van der Waals surface area contributed by atoms with Crippen molar-refractivity contribution in [2.45, 2.75) is 39.7 Å². The lowest BCUT2D eigenvalue weighted by atomic mass is 10.1. The Kier molecular flexibility index (Phi) is 4.41. The normalized spacial score (nSPS) is 10.6. The molecule has 1 aromatic carbocycles. The quantitative estimate of drug-likeness (QED) is 0.901. The van der Waals surface area contributed by atoms with E-state index >= 15 is 0 Å². The zero-order chi connectivity index (χ0) is 14.5. The van der Waals surface area contributed by atoms with Crippen molar-refractivity contribution in [3.63, 3.8) is 0 Å². The minimum atomic E-state index is 0.172. The van der Waals surface area contributed by atoms with Gasteiger partial charge in [-0.1, -0.05) is 0 Å². The van der Waals surface area contributed by atoms with Crippen molar-refractivity contribution >= 4 is 0 Å². The lowest BCUT2D eigenvalue weighted by Gasteiger charge is -2.09. The Labute approximate surface area is 119 Å². The fourth-order valence-electron chi connectivity index (χ4n) is 2.06. The van der Waals surface area contributed by atoms with Gasteiger partial charge in [-0.25, -0.2) is 4.98 Å². The van der Waals surface area contributed by atoms with Crippen LogP contribution in [-0.2, 0) is 6.42 Å². The summed E-state index contributed by atoms with van der Waals surface area (Å²) in [6.45, 7) is 6.01. The van der Waals surface area contributed by atoms with E-state index in [2.05, 4.69) is 16.0 Å². The van der Waals surface area contributed by atoms with Crippen molar-refractivity contribution in [2.24, 2.45) is 0 Å². The molecule has 0 aliphatic rings. The first-order chi connectivity index (χ1) is 9.60. The van der Waals surface area contributed by atoms with Crippen LogP contribution >= 0.6 is 0 Å². The smallest absolute Gasteiger partial charge is 0.119 e. The minimum absolute atomic E-state index is 0.172. The van der Waals surface area contributed by atoms with Gasteiger partial charge in [0.15, 0.2) is 0 Å². The summed E-state index contributed by atoms with van der Waals surface area (Å²) in [7, 11) is 0. The maximum Gasteiger partial charge on any atom is 0.119 e. The van der Waals surface area contributed by atoms with Gasteiger partial charge in [-0.2, -0.15) is 5.26 Å². The molecule has 0 atom stereocenters. The predicted molar refractivity (Wildman–Crippen MR) is 78.5 cm³/mol. The van der Waals surface area contributed by atoms with Gasteiger partial charge < -0.3 is 9.72 Å². The number of H-pyrrole nitrogens is 1. The fourth-order valence-corrected chi connectivity index (χ4v) is 2.06. The number of nitrogens with one attached hydrogen (secondary N) is 1. The highest BCUT2D eigenvalue weighted by Gasteiger charge is 2.09. The third-order valence-corrected chi connectivity index (χ3v) is 2.91. The van der Waals surface area contributed by atoms with E-state index in [9.17, 15) is 0 Å². The van der Waals surface area contributed by atoms with Crippen LogP contribution in [0.4, 0.5) is 0 Å². The number of nitriles is 1. The first-order valence-electron chi connectivity index (χ1n) is 6.79. The summed E-state index contributed by atoms with van der Waals surface area (Å²) in [5.74, 6) is 1.73. The van der Waals surface area contributed by atoms with Gasteiger partial charge in [0.2, 0.25) is 0 Å². The Bertz CT molecular complexity index is 606. The SMILES string of the molecule is Cc1[nH]c(CCC#N)nc1-c1ccc(OC(C)C)cc1. The van der Waals surface area contributed by atoms with E-state index in [0.29, 0.717) is 12.8 Å². The molecule has 4 nitrogen and oxygen atoms in total. The second kappa shape index (κ2) is 6.25. The Morgan fingerprint density at radius 2 is 2.00 bits per heavy atom. The van der Waals surface area contributed by atoms with Crippen molar-refractivity contribution in [3.05, 3.63) is 35.8 Å². The first-order valence-corrected chi connectivity index (χ1v) is 6.79. The topological polar surface area (TPSA) is 61.7 Å². The van der Waals surface area contributed by atoms with Crippen LogP contribution in [0, 0.1) is 18.3 Å². The van der Waals surface area contributed by atoms with Crippen molar-refractivity contribution in [1.29, 1.82) is 5.26 Å². The molecule has 2 aromatic rings. The highest BCUT2D eigenvalue weighted by Crippen LogP contribution is 2.24. The zero-order valence-electron chi connectivity index (χ0n) is 12.1. The highest BCUT2D eigenvalue weighted by molar-refractivity contribution is 5.62. The molecular weight excluding hydrogens is 250 g/mol. The molecule has 104 valence electrons. The van der Waals surface area contributed by atoms with Gasteiger partial charge in [0.1, 0.15) is 11.6 Å². The number of ether oxygens (including phenoxy) is 1. The number of benzene rings is 1. The fraction of sp³-hybridized carbons (Fsp3) is 0.375. The van der Waals surface area contributed by atoms with E-state index in [4.69, 9.17) is 10.00 Å². The van der Waals surface area contributed by atoms with Crippen molar-refractivity contribution in [3.8, 4) is 23.1 Å². The van der Waals surface area contributed by atoms with Crippen molar-refractivity contribution in [1.82, 2.24) is 9.97 Å². The van der Waals surface area contributed by atoms with Crippen LogP contribution in [0.1, 0.15) is 31.8 Å². The van der Waals surface area contributed by atoms with E-state index in [1.807, 2.05) is 45.0 Å². The predicted octanol–water partition coefficient (Wildman–Crippen LogP) is 3.63. The van der Waals surface area contributed by atoms with E-state index in [1.165, 1.54) is 0 Å². The standard InChI is InChI=1S/C16H19N3O/c1-11(2)20-14-8-6-13(7-9-14)16-12(3)18-15(19-16)5-4-10-17/h6-9,11H,4-5H2,1-3H3,(H,18,19). The van der Waals surface area contributed by atoms with Gasteiger partial charge in [0.05, 0.1) is 17.9 Å². The molecule has 2 rings (SSSR count). The Balaban J connectivity index is 2.19. The molecule has 1 N–H and O–H groups in total. The van der Waals surface area contributed by atoms with Crippen LogP contribution in [-0.4, -0.2) is 16.1 Å². The van der Waals surface area contributed by atoms with Crippen LogP contribution in [0.2, 0.25) is 0 Å². The zero-order valence-corrected chi connectivity index (χ0v) is 12.1. The Morgan fingerprint density at radius 3 is 2.60 bits per heavy atom. The summed E-state index contributed by atoms with van der Waals surface area (Å²) < 4.78 is 5.63. The Morgan fingerprint density at radius 1 is 1.30 bits per heavy atom. The van der Waals surface area contributed by atoms with Gasteiger partial charge in [-0.3, -0.25) is 0 Å². The summed E-state index contributed by atoms with van der Waals surface area (Å²) in [6, 6.07) is 10.1. The lowest BCUT2D eigenvalue weighted by Crippen LogP contribution is -2.05. The minimum Gasteiger partial charge on any atom is -0.491 e. The molecule has 0 amide bonds. The molecule has 0 unspecified atom stereocenters. The van der Waals surface area contributed by atoms with Crippen LogP contribution in [0.25, 0.3) is 11.3 Å². The number of aromatic amines is 1. The summed E-state index contributed by atoms with van der Waals surface area (Å²) in [5.41, 5.74) is 3.02. The molecule has 0 fully saturated rings.